The molecular formula is C20H21N3O2. The number of nitrogens with two attached hydrogens (primary N) is 1. The van der Waals surface area contributed by atoms with Crippen LogP contribution in [-0.4, -0.2) is 21.0 Å². The first-order valence-corrected chi connectivity index (χ1v) is 7.93. The smallest absolute Gasteiger partial charge is 0.335 e. The molecule has 0 atom stereocenters. The molecule has 128 valence electrons. The van der Waals surface area contributed by atoms with E-state index in [9.17, 15) is 4.79 Å². The number of carbonyl (C=O) groups is 1. The highest BCUT2D eigenvalue weighted by Crippen LogP contribution is 2.12. The van der Waals surface area contributed by atoms with Crippen LogP contribution in [0.25, 0.3) is 0 Å². The van der Waals surface area contributed by atoms with Gasteiger partial charge in [0, 0.05) is 30.5 Å². The predicted molar refractivity (Wildman–Crippen MR) is 98.4 cm³/mol. The molecule has 0 fully saturated rings. The second-order valence-electron chi connectivity index (χ2n) is 5.59. The first-order valence-electron chi connectivity index (χ1n) is 7.93. The molecule has 0 saturated heterocycles. The SMILES string of the molecule is Cc1cc(C(=O)O)ccc1N.c1cc(CCc2ccncc2)ccn1. The lowest BCUT2D eigenvalue weighted by Gasteiger charge is -2.00. The van der Waals surface area contributed by atoms with Crippen molar-refractivity contribution in [3.05, 3.63) is 89.5 Å². The second kappa shape index (κ2) is 9.17. The number of hydrogen-bond donors (Lipinski definition) is 2. The summed E-state index contributed by atoms with van der Waals surface area (Å²) in [5, 5.41) is 8.56. The van der Waals surface area contributed by atoms with Crippen LogP contribution in [0, 0.1) is 6.92 Å². The number of aromatic nitrogens is 2. The topological polar surface area (TPSA) is 89.1 Å². The molecule has 0 radical (unpaired) electrons. The van der Waals surface area contributed by atoms with Gasteiger partial charge in [-0.3, -0.25) is 9.97 Å². The van der Waals surface area contributed by atoms with Crippen LogP contribution < -0.4 is 5.73 Å². The third kappa shape index (κ3) is 6.06. The highest BCUT2D eigenvalue weighted by Gasteiger charge is 2.02. The Morgan fingerprint density at radius 2 is 1.40 bits per heavy atom. The van der Waals surface area contributed by atoms with Crippen molar-refractivity contribution in [1.82, 2.24) is 9.97 Å². The van der Waals surface area contributed by atoms with E-state index in [0.29, 0.717) is 5.69 Å². The van der Waals surface area contributed by atoms with Gasteiger partial charge in [-0.2, -0.15) is 0 Å². The molecule has 2 heterocycles. The Hall–Kier alpha value is -3.21. The van der Waals surface area contributed by atoms with Gasteiger partial charge in [0.05, 0.1) is 5.56 Å². The zero-order valence-electron chi connectivity index (χ0n) is 14.1. The second-order valence-corrected chi connectivity index (χ2v) is 5.59. The fourth-order valence-electron chi connectivity index (χ4n) is 2.20. The van der Waals surface area contributed by atoms with Crippen molar-refractivity contribution in [1.29, 1.82) is 0 Å². The van der Waals surface area contributed by atoms with Gasteiger partial charge in [-0.15, -0.1) is 0 Å². The Labute approximate surface area is 147 Å². The number of anilines is 1. The number of rotatable bonds is 4. The van der Waals surface area contributed by atoms with Crippen molar-refractivity contribution in [2.45, 2.75) is 19.8 Å². The lowest BCUT2D eigenvalue weighted by molar-refractivity contribution is 0.0697. The van der Waals surface area contributed by atoms with Gasteiger partial charge in [0.1, 0.15) is 0 Å². The van der Waals surface area contributed by atoms with Crippen LogP contribution in [-0.2, 0) is 12.8 Å². The number of pyridine rings is 2. The summed E-state index contributed by atoms with van der Waals surface area (Å²) in [4.78, 5) is 18.4. The molecule has 3 aromatic rings. The molecule has 1 aromatic carbocycles. The molecule has 5 nitrogen and oxygen atoms in total. The van der Waals surface area contributed by atoms with Gasteiger partial charge in [-0.25, -0.2) is 4.79 Å². The Kier molecular flexibility index (Phi) is 6.65. The molecule has 2 aromatic heterocycles. The van der Waals surface area contributed by atoms with Gasteiger partial charge in [0.15, 0.2) is 0 Å². The minimum Gasteiger partial charge on any atom is -0.478 e. The highest BCUT2D eigenvalue weighted by molar-refractivity contribution is 5.88. The number of carboxylic acids is 1. The number of aromatic carboxylic acids is 1. The van der Waals surface area contributed by atoms with Gasteiger partial charge in [0.25, 0.3) is 0 Å². The molecule has 25 heavy (non-hydrogen) atoms. The molecular weight excluding hydrogens is 314 g/mol. The van der Waals surface area contributed by atoms with Crippen LogP contribution in [0.4, 0.5) is 5.69 Å². The third-order valence-electron chi connectivity index (χ3n) is 3.72. The zero-order valence-corrected chi connectivity index (χ0v) is 14.1. The molecule has 0 aliphatic heterocycles. The fraction of sp³-hybridized carbons (Fsp3) is 0.150. The minimum atomic E-state index is -0.923. The number of benzene rings is 1. The van der Waals surface area contributed by atoms with Crippen LogP contribution in [0.2, 0.25) is 0 Å². The number of aryl methyl sites for hydroxylation is 3. The summed E-state index contributed by atoms with van der Waals surface area (Å²) >= 11 is 0. The Bertz CT molecular complexity index is 766. The normalized spacial score (nSPS) is 9.80. The van der Waals surface area contributed by atoms with Gasteiger partial charge in [0.2, 0.25) is 0 Å². The van der Waals surface area contributed by atoms with Crippen LogP contribution in [0.5, 0.6) is 0 Å². The molecule has 0 aliphatic carbocycles. The van der Waals surface area contributed by atoms with Crippen molar-refractivity contribution in [2.75, 3.05) is 5.73 Å². The van der Waals surface area contributed by atoms with Crippen LogP contribution in [0.3, 0.4) is 0 Å². The average Bonchev–Trinajstić information content (AvgIpc) is 2.64. The van der Waals surface area contributed by atoms with E-state index in [1.807, 2.05) is 24.8 Å². The maximum Gasteiger partial charge on any atom is 0.335 e. The molecule has 3 rings (SSSR count). The van der Waals surface area contributed by atoms with E-state index in [4.69, 9.17) is 10.8 Å². The van der Waals surface area contributed by atoms with Crippen molar-refractivity contribution >= 4 is 11.7 Å². The van der Waals surface area contributed by atoms with Gasteiger partial charge in [-0.1, -0.05) is 0 Å². The van der Waals surface area contributed by atoms with E-state index in [2.05, 4.69) is 34.2 Å². The number of carboxylic acid groups (broad SMARTS) is 1. The van der Waals surface area contributed by atoms with Gasteiger partial charge < -0.3 is 10.8 Å². The third-order valence-corrected chi connectivity index (χ3v) is 3.72. The largest absolute Gasteiger partial charge is 0.478 e. The van der Waals surface area contributed by atoms with Crippen molar-refractivity contribution in [3.8, 4) is 0 Å². The first kappa shape index (κ1) is 18.1. The van der Waals surface area contributed by atoms with Gasteiger partial charge >= 0.3 is 5.97 Å². The zero-order chi connectivity index (χ0) is 18.1. The van der Waals surface area contributed by atoms with E-state index in [1.165, 1.54) is 17.2 Å². The predicted octanol–water partition coefficient (Wildman–Crippen LogP) is 3.54. The summed E-state index contributed by atoms with van der Waals surface area (Å²) < 4.78 is 0. The maximum absolute atomic E-state index is 10.4. The molecule has 0 unspecified atom stereocenters. The quantitative estimate of drug-likeness (QED) is 0.712. The fourth-order valence-corrected chi connectivity index (χ4v) is 2.20. The van der Waals surface area contributed by atoms with E-state index in [0.717, 1.165) is 18.4 Å². The summed E-state index contributed by atoms with van der Waals surface area (Å²) in [6.07, 6.45) is 9.46. The Morgan fingerprint density at radius 1 is 0.920 bits per heavy atom. The summed E-state index contributed by atoms with van der Waals surface area (Å²) in [5.41, 5.74) is 9.85. The molecule has 0 saturated carbocycles. The van der Waals surface area contributed by atoms with E-state index < -0.39 is 5.97 Å². The number of nitrogens with zero attached hydrogens (tertiary/aromatic N) is 2. The van der Waals surface area contributed by atoms with E-state index in [-0.39, 0.29) is 5.56 Å². The van der Waals surface area contributed by atoms with Crippen LogP contribution in [0.1, 0.15) is 27.0 Å². The molecule has 0 spiro atoms. The molecule has 5 heteroatoms. The molecule has 0 aliphatic rings. The van der Waals surface area contributed by atoms with Crippen LogP contribution in [0.15, 0.2) is 67.3 Å². The number of nitrogen functional groups attached to an aromatic ring is 1. The molecule has 0 amide bonds. The van der Waals surface area contributed by atoms with E-state index >= 15 is 0 Å². The molecule has 3 N–H and O–H groups in total. The van der Waals surface area contributed by atoms with E-state index in [1.54, 1.807) is 19.1 Å². The Balaban J connectivity index is 0.000000186. The lowest BCUT2D eigenvalue weighted by atomic mass is 10.1. The monoisotopic (exact) mass is 335 g/mol. The van der Waals surface area contributed by atoms with Crippen molar-refractivity contribution < 1.29 is 9.90 Å². The highest BCUT2D eigenvalue weighted by atomic mass is 16.4. The number of hydrogen-bond acceptors (Lipinski definition) is 4. The van der Waals surface area contributed by atoms with Crippen molar-refractivity contribution in [3.63, 3.8) is 0 Å². The maximum atomic E-state index is 10.4. The summed E-state index contributed by atoms with van der Waals surface area (Å²) in [7, 11) is 0. The minimum absolute atomic E-state index is 0.275. The first-order chi connectivity index (χ1) is 12.1. The summed E-state index contributed by atoms with van der Waals surface area (Å²) in [5.74, 6) is -0.923. The molecule has 0 bridgehead atoms. The van der Waals surface area contributed by atoms with Crippen LogP contribution >= 0.6 is 0 Å². The Morgan fingerprint density at radius 3 is 1.80 bits per heavy atom. The lowest BCUT2D eigenvalue weighted by Crippen LogP contribution is -1.98. The standard InChI is InChI=1S/C12H12N2.C8H9NO2/c1(11-3-7-13-8-4-11)2-12-5-9-14-10-6-12;1-5-4-6(8(10)11)2-3-7(5)9/h3-10H,1-2H2;2-4H,9H2,1H3,(H,10,11). The summed E-state index contributed by atoms with van der Waals surface area (Å²) in [6, 6.07) is 12.9. The average molecular weight is 335 g/mol. The summed E-state index contributed by atoms with van der Waals surface area (Å²) in [6.45, 7) is 1.78. The van der Waals surface area contributed by atoms with Gasteiger partial charge in [-0.05, 0) is 78.9 Å². The van der Waals surface area contributed by atoms with Crippen molar-refractivity contribution in [2.24, 2.45) is 0 Å².